The third-order valence-corrected chi connectivity index (χ3v) is 6.08. The Labute approximate surface area is 181 Å². The predicted molar refractivity (Wildman–Crippen MR) is 113 cm³/mol. The first-order valence-electron chi connectivity index (χ1n) is 10.4. The molecule has 2 atom stereocenters. The molecule has 1 aromatic carbocycles. The summed E-state index contributed by atoms with van der Waals surface area (Å²) in [4.78, 5) is 48.6. The maximum atomic E-state index is 13.7. The average molecular weight is 422 g/mol. The van der Waals surface area contributed by atoms with Crippen LogP contribution in [0.4, 0.5) is 0 Å². The zero-order valence-corrected chi connectivity index (χ0v) is 17.5. The number of benzene rings is 1. The lowest BCUT2D eigenvalue weighted by Gasteiger charge is -2.43. The van der Waals surface area contributed by atoms with Crippen LogP contribution in [-0.4, -0.2) is 81.8 Å². The van der Waals surface area contributed by atoms with E-state index in [1.54, 1.807) is 17.0 Å². The van der Waals surface area contributed by atoms with Crippen molar-refractivity contribution >= 4 is 17.8 Å². The number of hydrogen-bond acceptors (Lipinski definition) is 5. The lowest BCUT2D eigenvalue weighted by molar-refractivity contribution is -0.141. The number of fused-ring (bicyclic) bond motifs is 1. The number of carbonyl (C=O) groups is 3. The lowest BCUT2D eigenvalue weighted by atomic mass is 9.81. The fourth-order valence-electron chi connectivity index (χ4n) is 4.42. The summed E-state index contributed by atoms with van der Waals surface area (Å²) in [7, 11) is 2.00. The fourth-order valence-corrected chi connectivity index (χ4v) is 4.42. The van der Waals surface area contributed by atoms with Crippen LogP contribution in [0.2, 0.25) is 0 Å². The normalized spacial score (nSPS) is 21.6. The minimum Gasteiger partial charge on any atom is -0.481 e. The second-order valence-electron chi connectivity index (χ2n) is 8.14. The van der Waals surface area contributed by atoms with Crippen molar-refractivity contribution in [1.29, 1.82) is 0 Å². The number of amides is 2. The molecule has 31 heavy (non-hydrogen) atoms. The molecule has 4 rings (SSSR count). The molecule has 1 aromatic heterocycles. The van der Waals surface area contributed by atoms with Gasteiger partial charge in [0.15, 0.2) is 0 Å². The second kappa shape index (κ2) is 8.85. The van der Waals surface area contributed by atoms with E-state index in [0.29, 0.717) is 18.7 Å². The van der Waals surface area contributed by atoms with Gasteiger partial charge < -0.3 is 19.8 Å². The molecule has 1 saturated heterocycles. The average Bonchev–Trinajstić information content (AvgIpc) is 2.77. The Kier molecular flexibility index (Phi) is 5.99. The molecule has 0 bridgehead atoms. The maximum Gasteiger partial charge on any atom is 0.304 e. The van der Waals surface area contributed by atoms with Crippen LogP contribution in [-0.2, 0) is 16.1 Å². The van der Waals surface area contributed by atoms with Crippen LogP contribution in [0.25, 0.3) is 0 Å². The third-order valence-electron chi connectivity index (χ3n) is 6.08. The van der Waals surface area contributed by atoms with Crippen molar-refractivity contribution in [3.05, 3.63) is 65.5 Å². The third kappa shape index (κ3) is 4.29. The summed E-state index contributed by atoms with van der Waals surface area (Å²) in [6.07, 6.45) is 1.28. The Morgan fingerprint density at radius 3 is 2.45 bits per heavy atom. The number of carboxylic acids is 1. The van der Waals surface area contributed by atoms with Gasteiger partial charge in [0.1, 0.15) is 11.7 Å². The molecule has 0 aliphatic carbocycles. The predicted octanol–water partition coefficient (Wildman–Crippen LogP) is 1.44. The highest BCUT2D eigenvalue weighted by Crippen LogP contribution is 2.37. The molecule has 0 radical (unpaired) electrons. The van der Waals surface area contributed by atoms with E-state index in [1.165, 1.54) is 11.1 Å². The molecule has 8 nitrogen and oxygen atoms in total. The molecule has 1 N–H and O–H groups in total. The molecule has 0 spiro atoms. The highest BCUT2D eigenvalue weighted by atomic mass is 16.4. The number of carboxylic acid groups (broad SMARTS) is 1. The first-order valence-corrected chi connectivity index (χ1v) is 10.4. The van der Waals surface area contributed by atoms with Crippen LogP contribution < -0.4 is 0 Å². The van der Waals surface area contributed by atoms with Gasteiger partial charge >= 0.3 is 5.97 Å². The number of nitrogens with zero attached hydrogens (tertiary/aromatic N) is 4. The molecule has 0 unspecified atom stereocenters. The molecule has 2 aromatic rings. The van der Waals surface area contributed by atoms with E-state index in [4.69, 9.17) is 0 Å². The van der Waals surface area contributed by atoms with Crippen LogP contribution >= 0.6 is 0 Å². The Balaban J connectivity index is 1.76. The number of likely N-dealkylation sites (N-methyl/N-ethyl adjacent to an activating group) is 1. The van der Waals surface area contributed by atoms with E-state index in [2.05, 4.69) is 9.88 Å². The number of carbonyl (C=O) groups excluding carboxylic acids is 2. The highest BCUT2D eigenvalue weighted by molar-refractivity contribution is 6.00. The van der Waals surface area contributed by atoms with Gasteiger partial charge in [-0.1, -0.05) is 36.4 Å². The van der Waals surface area contributed by atoms with Crippen molar-refractivity contribution in [3.8, 4) is 0 Å². The number of piperazine rings is 1. The topological polar surface area (TPSA) is 94.0 Å². The Morgan fingerprint density at radius 1 is 1.06 bits per heavy atom. The molecule has 3 heterocycles. The number of pyridine rings is 1. The molecule has 2 aliphatic heterocycles. The zero-order chi connectivity index (χ0) is 22.0. The summed E-state index contributed by atoms with van der Waals surface area (Å²) in [5.74, 6) is -2.20. The van der Waals surface area contributed by atoms with Gasteiger partial charge in [-0.2, -0.15) is 0 Å². The summed E-state index contributed by atoms with van der Waals surface area (Å²) >= 11 is 0. The first kappa shape index (κ1) is 21.0. The van der Waals surface area contributed by atoms with Crippen LogP contribution in [0.15, 0.2) is 48.7 Å². The van der Waals surface area contributed by atoms with Gasteiger partial charge in [0, 0.05) is 44.8 Å². The Bertz CT molecular complexity index is 973. The number of aromatic nitrogens is 1. The molecule has 1 fully saturated rings. The van der Waals surface area contributed by atoms with Crippen molar-refractivity contribution < 1.29 is 19.5 Å². The van der Waals surface area contributed by atoms with Crippen LogP contribution in [0.3, 0.4) is 0 Å². The van der Waals surface area contributed by atoms with Gasteiger partial charge in [-0.15, -0.1) is 0 Å². The van der Waals surface area contributed by atoms with Gasteiger partial charge in [-0.25, -0.2) is 0 Å². The number of aliphatic carboxylic acids is 1. The molecular weight excluding hydrogens is 396 g/mol. The standard InChI is InChI=1S/C23H26N4O4/c1-25-10-12-26(13-11-25)23(31)21-18(14-19(28)29)17-8-5-9-24-20(17)22(30)27(21)15-16-6-3-2-4-7-16/h2-9,18,21H,10-15H2,1H3,(H,28,29)/t18-,21-/m0/s1. The monoisotopic (exact) mass is 422 g/mol. The van der Waals surface area contributed by atoms with Crippen LogP contribution in [0.1, 0.15) is 34.0 Å². The van der Waals surface area contributed by atoms with Gasteiger partial charge in [0.2, 0.25) is 5.91 Å². The molecule has 2 amide bonds. The molecule has 0 saturated carbocycles. The number of hydrogen-bond donors (Lipinski definition) is 1. The van der Waals surface area contributed by atoms with E-state index < -0.39 is 17.9 Å². The summed E-state index contributed by atoms with van der Waals surface area (Å²) in [6.45, 7) is 2.81. The summed E-state index contributed by atoms with van der Waals surface area (Å²) < 4.78 is 0. The van der Waals surface area contributed by atoms with E-state index in [9.17, 15) is 19.5 Å². The second-order valence-corrected chi connectivity index (χ2v) is 8.14. The quantitative estimate of drug-likeness (QED) is 0.784. The minimum atomic E-state index is -1.01. The largest absolute Gasteiger partial charge is 0.481 e. The SMILES string of the molecule is CN1CCN(C(=O)[C@@H]2[C@@H](CC(=O)O)c3cccnc3C(=O)N2Cc2ccccc2)CC1. The van der Waals surface area contributed by atoms with Gasteiger partial charge in [-0.3, -0.25) is 19.4 Å². The lowest BCUT2D eigenvalue weighted by Crippen LogP contribution is -2.59. The highest BCUT2D eigenvalue weighted by Gasteiger charge is 2.46. The van der Waals surface area contributed by atoms with Crippen molar-refractivity contribution in [2.45, 2.75) is 24.9 Å². The summed E-state index contributed by atoms with van der Waals surface area (Å²) in [5, 5.41) is 9.62. The van der Waals surface area contributed by atoms with E-state index in [0.717, 1.165) is 18.7 Å². The maximum absolute atomic E-state index is 13.7. The zero-order valence-electron chi connectivity index (χ0n) is 17.5. The number of rotatable bonds is 5. The van der Waals surface area contributed by atoms with Gasteiger partial charge in [0.05, 0.1) is 6.42 Å². The van der Waals surface area contributed by atoms with E-state index in [-0.39, 0.29) is 30.5 Å². The van der Waals surface area contributed by atoms with Crippen LogP contribution in [0, 0.1) is 0 Å². The Hall–Kier alpha value is -3.26. The minimum absolute atomic E-state index is 0.196. The van der Waals surface area contributed by atoms with Crippen molar-refractivity contribution in [2.24, 2.45) is 0 Å². The van der Waals surface area contributed by atoms with Crippen molar-refractivity contribution in [3.63, 3.8) is 0 Å². The summed E-state index contributed by atoms with van der Waals surface area (Å²) in [6, 6.07) is 11.9. The fraction of sp³-hybridized carbons (Fsp3) is 0.391. The van der Waals surface area contributed by atoms with Gasteiger partial charge in [-0.05, 0) is 24.2 Å². The molecule has 162 valence electrons. The molecule has 8 heteroatoms. The van der Waals surface area contributed by atoms with Crippen molar-refractivity contribution in [2.75, 3.05) is 33.2 Å². The van der Waals surface area contributed by atoms with Crippen molar-refractivity contribution in [1.82, 2.24) is 19.7 Å². The smallest absolute Gasteiger partial charge is 0.304 e. The summed E-state index contributed by atoms with van der Waals surface area (Å²) in [5.41, 5.74) is 1.64. The van der Waals surface area contributed by atoms with E-state index >= 15 is 0 Å². The Morgan fingerprint density at radius 2 is 1.77 bits per heavy atom. The van der Waals surface area contributed by atoms with Crippen LogP contribution in [0.5, 0.6) is 0 Å². The van der Waals surface area contributed by atoms with E-state index in [1.807, 2.05) is 37.4 Å². The first-order chi connectivity index (χ1) is 15.0. The molecular formula is C23H26N4O4. The molecule has 2 aliphatic rings. The van der Waals surface area contributed by atoms with Gasteiger partial charge in [0.25, 0.3) is 5.91 Å².